The van der Waals surface area contributed by atoms with E-state index in [4.69, 9.17) is 0 Å². The van der Waals surface area contributed by atoms with Crippen molar-refractivity contribution in [1.29, 1.82) is 0 Å². The Labute approximate surface area is 127 Å². The van der Waals surface area contributed by atoms with Crippen LogP contribution in [0.4, 0.5) is 5.95 Å². The second-order valence-electron chi connectivity index (χ2n) is 5.87. The van der Waals surface area contributed by atoms with E-state index in [0.29, 0.717) is 30.6 Å². The Morgan fingerprint density at radius 1 is 1.38 bits per heavy atom. The lowest BCUT2D eigenvalue weighted by Crippen LogP contribution is -2.36. The van der Waals surface area contributed by atoms with Crippen LogP contribution in [0.25, 0.3) is 0 Å². The third-order valence-corrected chi connectivity index (χ3v) is 4.05. The van der Waals surface area contributed by atoms with Crippen molar-refractivity contribution < 1.29 is 4.79 Å². The third-order valence-electron chi connectivity index (χ3n) is 4.05. The standard InChI is InChI=1S/C16H26N4O/c1-5-19(6-2)15(21)14-10-13(4)17-16(18-14)20-9-7-8-12(3)11-20/h10,12H,5-9,11H2,1-4H3. The molecule has 1 aromatic heterocycles. The zero-order valence-corrected chi connectivity index (χ0v) is 13.6. The predicted molar refractivity (Wildman–Crippen MR) is 84.6 cm³/mol. The predicted octanol–water partition coefficient (Wildman–Crippen LogP) is 2.50. The van der Waals surface area contributed by atoms with E-state index in [2.05, 4.69) is 21.8 Å². The van der Waals surface area contributed by atoms with Gasteiger partial charge < -0.3 is 9.80 Å². The van der Waals surface area contributed by atoms with Crippen molar-refractivity contribution in [1.82, 2.24) is 14.9 Å². The molecule has 2 heterocycles. The molecule has 116 valence electrons. The van der Waals surface area contributed by atoms with Crippen LogP contribution in [0.2, 0.25) is 0 Å². The Hall–Kier alpha value is -1.65. The number of hydrogen-bond donors (Lipinski definition) is 0. The fourth-order valence-corrected chi connectivity index (χ4v) is 2.85. The molecule has 0 spiro atoms. The maximum Gasteiger partial charge on any atom is 0.272 e. The lowest BCUT2D eigenvalue weighted by Gasteiger charge is -2.31. The van der Waals surface area contributed by atoms with Gasteiger partial charge in [0.15, 0.2) is 0 Å². The molecular formula is C16H26N4O. The lowest BCUT2D eigenvalue weighted by molar-refractivity contribution is 0.0767. The first-order valence-corrected chi connectivity index (χ1v) is 7.95. The Bertz CT molecular complexity index is 499. The van der Waals surface area contributed by atoms with Crippen LogP contribution in [0, 0.1) is 12.8 Å². The van der Waals surface area contributed by atoms with Crippen LogP contribution in [0.15, 0.2) is 6.07 Å². The van der Waals surface area contributed by atoms with Crippen LogP contribution in [-0.4, -0.2) is 47.0 Å². The lowest BCUT2D eigenvalue weighted by atomic mass is 10.0. The summed E-state index contributed by atoms with van der Waals surface area (Å²) in [7, 11) is 0. The fraction of sp³-hybridized carbons (Fsp3) is 0.688. The number of anilines is 1. The second kappa shape index (κ2) is 6.87. The number of aryl methyl sites for hydroxylation is 1. The highest BCUT2D eigenvalue weighted by Crippen LogP contribution is 2.20. The van der Waals surface area contributed by atoms with E-state index in [1.807, 2.05) is 20.8 Å². The largest absolute Gasteiger partial charge is 0.341 e. The molecule has 0 bridgehead atoms. The first-order chi connectivity index (χ1) is 10.0. The van der Waals surface area contributed by atoms with Gasteiger partial charge >= 0.3 is 0 Å². The summed E-state index contributed by atoms with van der Waals surface area (Å²) in [5, 5.41) is 0. The Morgan fingerprint density at radius 3 is 2.71 bits per heavy atom. The first-order valence-electron chi connectivity index (χ1n) is 7.95. The summed E-state index contributed by atoms with van der Waals surface area (Å²) >= 11 is 0. The zero-order valence-electron chi connectivity index (χ0n) is 13.6. The molecule has 1 fully saturated rings. The van der Waals surface area contributed by atoms with Gasteiger partial charge in [-0.25, -0.2) is 9.97 Å². The SMILES string of the molecule is CCN(CC)C(=O)c1cc(C)nc(N2CCCC(C)C2)n1. The normalized spacial score (nSPS) is 18.7. The molecule has 1 saturated heterocycles. The topological polar surface area (TPSA) is 49.3 Å². The zero-order chi connectivity index (χ0) is 15.4. The highest BCUT2D eigenvalue weighted by atomic mass is 16.2. The van der Waals surface area contributed by atoms with E-state index < -0.39 is 0 Å². The van der Waals surface area contributed by atoms with Gasteiger partial charge in [-0.05, 0) is 45.6 Å². The molecule has 1 aromatic rings. The van der Waals surface area contributed by atoms with Crippen LogP contribution < -0.4 is 4.90 Å². The maximum atomic E-state index is 12.5. The number of carbonyl (C=O) groups excluding carboxylic acids is 1. The van der Waals surface area contributed by atoms with Crippen molar-refractivity contribution in [2.75, 3.05) is 31.1 Å². The van der Waals surface area contributed by atoms with Crippen LogP contribution >= 0.6 is 0 Å². The molecule has 2 rings (SSSR count). The van der Waals surface area contributed by atoms with Crippen LogP contribution in [-0.2, 0) is 0 Å². The number of piperidine rings is 1. The van der Waals surface area contributed by atoms with Gasteiger partial charge in [-0.2, -0.15) is 0 Å². The molecule has 0 radical (unpaired) electrons. The van der Waals surface area contributed by atoms with Crippen molar-refractivity contribution in [3.05, 3.63) is 17.5 Å². The molecule has 21 heavy (non-hydrogen) atoms. The van der Waals surface area contributed by atoms with Crippen molar-refractivity contribution in [3.63, 3.8) is 0 Å². The van der Waals surface area contributed by atoms with Gasteiger partial charge in [0, 0.05) is 31.9 Å². The van der Waals surface area contributed by atoms with E-state index in [1.165, 1.54) is 6.42 Å². The van der Waals surface area contributed by atoms with Crippen LogP contribution in [0.1, 0.15) is 49.8 Å². The summed E-state index contributed by atoms with van der Waals surface area (Å²) in [6, 6.07) is 1.79. The van der Waals surface area contributed by atoms with E-state index in [1.54, 1.807) is 11.0 Å². The van der Waals surface area contributed by atoms with Crippen molar-refractivity contribution in [2.24, 2.45) is 5.92 Å². The van der Waals surface area contributed by atoms with E-state index in [0.717, 1.165) is 25.2 Å². The summed E-state index contributed by atoms with van der Waals surface area (Å²) < 4.78 is 0. The minimum absolute atomic E-state index is 0.00296. The molecule has 0 aromatic carbocycles. The number of aromatic nitrogens is 2. The van der Waals surface area contributed by atoms with Gasteiger partial charge in [0.1, 0.15) is 5.69 Å². The molecule has 1 amide bonds. The summed E-state index contributed by atoms with van der Waals surface area (Å²) in [5.41, 5.74) is 1.37. The van der Waals surface area contributed by atoms with E-state index in [9.17, 15) is 4.79 Å². The molecule has 1 aliphatic rings. The van der Waals surface area contributed by atoms with Crippen LogP contribution in [0.3, 0.4) is 0 Å². The van der Waals surface area contributed by atoms with Crippen molar-refractivity contribution >= 4 is 11.9 Å². The van der Waals surface area contributed by atoms with Crippen LogP contribution in [0.5, 0.6) is 0 Å². The molecule has 0 N–H and O–H groups in total. The highest BCUT2D eigenvalue weighted by molar-refractivity contribution is 5.92. The smallest absolute Gasteiger partial charge is 0.272 e. The van der Waals surface area contributed by atoms with E-state index >= 15 is 0 Å². The second-order valence-corrected chi connectivity index (χ2v) is 5.87. The summed E-state index contributed by atoms with van der Waals surface area (Å²) in [6.45, 7) is 11.5. The number of carbonyl (C=O) groups is 1. The summed E-state index contributed by atoms with van der Waals surface area (Å²) in [4.78, 5) is 25.5. The van der Waals surface area contributed by atoms with Gasteiger partial charge in [0.2, 0.25) is 5.95 Å². The molecule has 1 aliphatic heterocycles. The van der Waals surface area contributed by atoms with Gasteiger partial charge in [0.25, 0.3) is 5.91 Å². The Balaban J connectivity index is 2.26. The van der Waals surface area contributed by atoms with Gasteiger partial charge in [-0.15, -0.1) is 0 Å². The third kappa shape index (κ3) is 3.71. The van der Waals surface area contributed by atoms with Gasteiger partial charge in [-0.3, -0.25) is 4.79 Å². The molecule has 0 aliphatic carbocycles. The van der Waals surface area contributed by atoms with Gasteiger partial charge in [0.05, 0.1) is 0 Å². The minimum Gasteiger partial charge on any atom is -0.341 e. The molecule has 1 atom stereocenters. The number of amides is 1. The summed E-state index contributed by atoms with van der Waals surface area (Å²) in [5.74, 6) is 1.36. The number of nitrogens with zero attached hydrogens (tertiary/aromatic N) is 4. The first kappa shape index (κ1) is 15.7. The summed E-state index contributed by atoms with van der Waals surface area (Å²) in [6.07, 6.45) is 2.42. The Kier molecular flexibility index (Phi) is 5.15. The fourth-order valence-electron chi connectivity index (χ4n) is 2.85. The highest BCUT2D eigenvalue weighted by Gasteiger charge is 2.21. The average molecular weight is 290 g/mol. The Morgan fingerprint density at radius 2 is 2.10 bits per heavy atom. The molecule has 5 heteroatoms. The number of hydrogen-bond acceptors (Lipinski definition) is 4. The maximum absolute atomic E-state index is 12.5. The number of rotatable bonds is 4. The molecule has 0 saturated carbocycles. The van der Waals surface area contributed by atoms with E-state index in [-0.39, 0.29) is 5.91 Å². The van der Waals surface area contributed by atoms with Crippen molar-refractivity contribution in [3.8, 4) is 0 Å². The molecule has 1 unspecified atom stereocenters. The minimum atomic E-state index is -0.00296. The monoisotopic (exact) mass is 290 g/mol. The quantitative estimate of drug-likeness (QED) is 0.855. The van der Waals surface area contributed by atoms with Crippen molar-refractivity contribution in [2.45, 2.75) is 40.5 Å². The molecule has 5 nitrogen and oxygen atoms in total. The van der Waals surface area contributed by atoms with Gasteiger partial charge in [-0.1, -0.05) is 6.92 Å². The molecular weight excluding hydrogens is 264 g/mol. The average Bonchev–Trinajstić information content (AvgIpc) is 2.47.